The van der Waals surface area contributed by atoms with E-state index in [9.17, 15) is 32.1 Å². The highest BCUT2D eigenvalue weighted by Crippen LogP contribution is 2.12. The van der Waals surface area contributed by atoms with Gasteiger partial charge in [-0.25, -0.2) is 27.6 Å². The van der Waals surface area contributed by atoms with E-state index in [1.54, 1.807) is 19.1 Å². The van der Waals surface area contributed by atoms with Gasteiger partial charge in [0.15, 0.2) is 0 Å². The van der Waals surface area contributed by atoms with Crippen molar-refractivity contribution >= 4 is 33.7 Å². The smallest absolute Gasteiger partial charge is 0.332 e. The van der Waals surface area contributed by atoms with Crippen molar-refractivity contribution in [2.45, 2.75) is 39.5 Å². The van der Waals surface area contributed by atoms with Gasteiger partial charge in [-0.15, -0.1) is 0 Å². The van der Waals surface area contributed by atoms with Gasteiger partial charge in [0.25, 0.3) is 0 Å². The van der Waals surface area contributed by atoms with Crippen LogP contribution in [0.3, 0.4) is 0 Å². The van der Waals surface area contributed by atoms with Crippen molar-refractivity contribution in [2.24, 2.45) is 0 Å². The normalized spacial score (nSPS) is 11.1. The molecule has 9 heteroatoms. The van der Waals surface area contributed by atoms with Gasteiger partial charge in [-0.3, -0.25) is 0 Å². The van der Waals surface area contributed by atoms with Gasteiger partial charge in [-0.2, -0.15) is 0 Å². The van der Waals surface area contributed by atoms with Gasteiger partial charge in [0.1, 0.15) is 10.1 Å². The molecule has 4 amide bonds. The lowest BCUT2D eigenvalue weighted by molar-refractivity contribution is -0.624. The highest BCUT2D eigenvalue weighted by Gasteiger charge is 2.49. The van der Waals surface area contributed by atoms with Crippen molar-refractivity contribution < 1.29 is 36.6 Å². The van der Waals surface area contributed by atoms with E-state index in [4.69, 9.17) is 0 Å². The fourth-order valence-electron chi connectivity index (χ4n) is 2.17. The number of benzene rings is 1. The average molecular weight is 357 g/mol. The number of rotatable bonds is 1. The van der Waals surface area contributed by atoms with Gasteiger partial charge >= 0.3 is 23.6 Å². The molecule has 24 heavy (non-hydrogen) atoms. The molecule has 0 bridgehead atoms. The zero-order valence-electron chi connectivity index (χ0n) is 14.0. The molecule has 0 saturated carbocycles. The summed E-state index contributed by atoms with van der Waals surface area (Å²) in [4.78, 5) is 44.3. The number of hydrogen-bond donors (Lipinski definition) is 0. The van der Waals surface area contributed by atoms with E-state index in [0.717, 1.165) is 27.7 Å². The van der Waals surface area contributed by atoms with Crippen molar-refractivity contribution in [3.8, 4) is 0 Å². The van der Waals surface area contributed by atoms with Crippen molar-refractivity contribution in [3.05, 3.63) is 29.8 Å². The highest BCUT2D eigenvalue weighted by atomic mass is 32.2. The molecule has 0 N–H and O–H groups in total. The number of hydrogen-bond acceptors (Lipinski definition) is 7. The summed E-state index contributed by atoms with van der Waals surface area (Å²) in [6, 6.07) is 6.10. The molecule has 1 rings (SSSR count). The van der Waals surface area contributed by atoms with Crippen LogP contribution in [-0.4, -0.2) is 41.1 Å². The van der Waals surface area contributed by atoms with Crippen LogP contribution >= 0.6 is 0 Å². The molecule has 0 unspecified atom stereocenters. The topological polar surface area (TPSA) is 125 Å². The molecule has 0 atom stereocenters. The monoisotopic (exact) mass is 357 g/mol. The third kappa shape index (κ3) is 4.63. The number of nitrogens with zero attached hydrogens (tertiary/aromatic N) is 1. The molecule has 132 valence electrons. The van der Waals surface area contributed by atoms with Crippen LogP contribution in [0.2, 0.25) is 0 Å². The van der Waals surface area contributed by atoms with Crippen LogP contribution < -0.4 is 0 Å². The molecule has 1 aromatic carbocycles. The molecule has 0 fully saturated rings. The Balaban J connectivity index is 0.000000446. The predicted octanol–water partition coefficient (Wildman–Crippen LogP) is 0.888. The standard InChI is InChI=1S/C8H12NO4.C7H8O3S/c1-5(10)9(6(2)11,7(3)12)8(4)13;1-6-4-2-3-5-7(6)11(8,9)10/h1-4H3;2-5H,1H3,(H,8,9,10)/q+1;/p-1. The van der Waals surface area contributed by atoms with Crippen molar-refractivity contribution in [1.29, 1.82) is 0 Å². The Bertz CT molecular complexity index is 719. The number of carbonyl (C=O) groups is 4. The summed E-state index contributed by atoms with van der Waals surface area (Å²) in [6.07, 6.45) is 0. The first kappa shape index (κ1) is 21.8. The summed E-state index contributed by atoms with van der Waals surface area (Å²) in [5.41, 5.74) is 0.488. The maximum absolute atomic E-state index is 11.1. The molecule has 0 heterocycles. The van der Waals surface area contributed by atoms with Gasteiger partial charge < -0.3 is 4.55 Å². The lowest BCUT2D eigenvalue weighted by Gasteiger charge is -2.22. The van der Waals surface area contributed by atoms with E-state index in [2.05, 4.69) is 0 Å². The van der Waals surface area contributed by atoms with Gasteiger partial charge in [-0.1, -0.05) is 22.7 Å². The van der Waals surface area contributed by atoms with Gasteiger partial charge in [0.2, 0.25) is 0 Å². The van der Waals surface area contributed by atoms with E-state index < -0.39 is 38.2 Å². The summed E-state index contributed by atoms with van der Waals surface area (Å²) in [5.74, 6) is -3.08. The fraction of sp³-hybridized carbons (Fsp3) is 0.333. The fourth-order valence-corrected chi connectivity index (χ4v) is 2.87. The van der Waals surface area contributed by atoms with Crippen LogP contribution in [0.5, 0.6) is 0 Å². The van der Waals surface area contributed by atoms with Crippen molar-refractivity contribution in [1.82, 2.24) is 0 Å². The number of carbonyl (C=O) groups excluding carboxylic acids is 4. The van der Waals surface area contributed by atoms with Crippen LogP contribution in [0.15, 0.2) is 29.2 Å². The van der Waals surface area contributed by atoms with Crippen LogP contribution in [0.25, 0.3) is 0 Å². The Morgan fingerprint density at radius 2 is 1.17 bits per heavy atom. The Morgan fingerprint density at radius 1 is 0.833 bits per heavy atom. The first-order valence-electron chi connectivity index (χ1n) is 6.74. The second kappa shape index (κ2) is 8.04. The molecule has 0 aromatic heterocycles. The molecule has 8 nitrogen and oxygen atoms in total. The second-order valence-electron chi connectivity index (χ2n) is 4.97. The van der Waals surface area contributed by atoms with Crippen molar-refractivity contribution in [3.63, 3.8) is 0 Å². The molecule has 1 aromatic rings. The minimum absolute atomic E-state index is 0.139. The summed E-state index contributed by atoms with van der Waals surface area (Å²) in [5, 5.41) is 0. The van der Waals surface area contributed by atoms with Crippen LogP contribution in [-0.2, 0) is 29.3 Å². The van der Waals surface area contributed by atoms with E-state index in [-0.39, 0.29) is 4.90 Å². The summed E-state index contributed by atoms with van der Waals surface area (Å²) < 4.78 is 30.2. The van der Waals surface area contributed by atoms with E-state index >= 15 is 0 Å². The summed E-state index contributed by atoms with van der Waals surface area (Å²) in [6.45, 7) is 5.77. The minimum atomic E-state index is -4.28. The van der Waals surface area contributed by atoms with Gasteiger partial charge in [-0.05, 0) is 18.6 Å². The highest BCUT2D eigenvalue weighted by molar-refractivity contribution is 7.85. The second-order valence-corrected chi connectivity index (χ2v) is 6.31. The van der Waals surface area contributed by atoms with E-state index in [1.165, 1.54) is 12.1 Å². The number of aryl methyl sites for hydroxylation is 1. The van der Waals surface area contributed by atoms with Gasteiger partial charge in [0.05, 0.1) is 32.6 Å². The Morgan fingerprint density at radius 3 is 1.33 bits per heavy atom. The predicted molar refractivity (Wildman–Crippen MR) is 82.1 cm³/mol. The zero-order valence-corrected chi connectivity index (χ0v) is 14.8. The van der Waals surface area contributed by atoms with E-state index in [1.807, 2.05) is 0 Å². The molecule has 0 aliphatic carbocycles. The lowest BCUT2D eigenvalue weighted by atomic mass is 10.2. The maximum atomic E-state index is 11.1. The SMILES string of the molecule is CC(=O)[N+](C(C)=O)(C(C)=O)C(C)=O.Cc1ccccc1S(=O)(=O)[O-]. The molecule has 0 aliphatic rings. The van der Waals surface area contributed by atoms with Crippen LogP contribution in [0.1, 0.15) is 33.3 Å². The Labute approximate surface area is 140 Å². The third-order valence-electron chi connectivity index (χ3n) is 3.25. The summed E-state index contributed by atoms with van der Waals surface area (Å²) in [7, 11) is -4.28. The molecule has 0 radical (unpaired) electrons. The third-order valence-corrected chi connectivity index (χ3v) is 4.25. The minimum Gasteiger partial charge on any atom is -0.744 e. The van der Waals surface area contributed by atoms with E-state index in [0.29, 0.717) is 5.56 Å². The largest absolute Gasteiger partial charge is 0.744 e. The van der Waals surface area contributed by atoms with Crippen LogP contribution in [0.4, 0.5) is 0 Å². The lowest BCUT2D eigenvalue weighted by Crippen LogP contribution is -2.61. The molecular weight excluding hydrogens is 338 g/mol. The molecule has 0 spiro atoms. The number of amides is 4. The molecule has 0 saturated heterocycles. The van der Waals surface area contributed by atoms with Crippen molar-refractivity contribution in [2.75, 3.05) is 0 Å². The first-order chi connectivity index (χ1) is 10.8. The maximum Gasteiger partial charge on any atom is 0.332 e. The Kier molecular flexibility index (Phi) is 7.30. The number of quaternary nitrogens is 1. The van der Waals surface area contributed by atoms with Gasteiger partial charge in [0, 0.05) is 0 Å². The molecule has 0 aliphatic heterocycles. The average Bonchev–Trinajstić information content (AvgIpc) is 2.37. The molecular formula is C15H19NO7S. The zero-order chi connectivity index (χ0) is 19.3. The Hall–Kier alpha value is -2.23. The first-order valence-corrected chi connectivity index (χ1v) is 8.15. The summed E-state index contributed by atoms with van der Waals surface area (Å²) >= 11 is 0. The number of imide groups is 6. The quantitative estimate of drug-likeness (QED) is 0.539. The van der Waals surface area contributed by atoms with Crippen LogP contribution in [0, 0.1) is 6.92 Å².